The second-order valence-corrected chi connectivity index (χ2v) is 8.64. The molecule has 7 heteroatoms. The molecule has 2 amide bonds. The third-order valence-corrected chi connectivity index (χ3v) is 6.88. The van der Waals surface area contributed by atoms with Crippen LogP contribution >= 0.6 is 11.6 Å². The Bertz CT molecular complexity index is 939. The van der Waals surface area contributed by atoms with Gasteiger partial charge in [0.2, 0.25) is 0 Å². The monoisotopic (exact) mass is 427 g/mol. The molecule has 158 valence electrons. The topological polar surface area (TPSA) is 86.9 Å². The van der Waals surface area contributed by atoms with Crippen LogP contribution in [-0.4, -0.2) is 47.7 Å². The van der Waals surface area contributed by atoms with Crippen molar-refractivity contribution in [2.45, 2.75) is 37.1 Å². The normalized spacial score (nSPS) is 24.3. The molecule has 30 heavy (non-hydrogen) atoms. The van der Waals surface area contributed by atoms with Crippen molar-refractivity contribution in [3.8, 4) is 0 Å². The lowest BCUT2D eigenvalue weighted by molar-refractivity contribution is 0.0697. The van der Waals surface area contributed by atoms with Gasteiger partial charge < -0.3 is 15.7 Å². The van der Waals surface area contributed by atoms with Gasteiger partial charge in [0.15, 0.2) is 0 Å². The van der Waals surface area contributed by atoms with Crippen molar-refractivity contribution in [1.82, 2.24) is 4.90 Å². The van der Waals surface area contributed by atoms with E-state index in [1.165, 1.54) is 17.7 Å². The smallest absolute Gasteiger partial charge is 0.335 e. The van der Waals surface area contributed by atoms with Crippen molar-refractivity contribution < 1.29 is 14.7 Å². The molecule has 2 aliphatic rings. The van der Waals surface area contributed by atoms with E-state index >= 15 is 0 Å². The van der Waals surface area contributed by atoms with Gasteiger partial charge in [-0.2, -0.15) is 0 Å². The molecule has 0 aromatic heterocycles. The van der Waals surface area contributed by atoms with Crippen LogP contribution in [0.5, 0.6) is 0 Å². The predicted molar refractivity (Wildman–Crippen MR) is 117 cm³/mol. The van der Waals surface area contributed by atoms with Crippen molar-refractivity contribution in [2.75, 3.05) is 24.5 Å². The molecule has 3 N–H and O–H groups in total. The van der Waals surface area contributed by atoms with Crippen LogP contribution in [0.4, 0.5) is 10.5 Å². The number of carboxylic acids is 1. The summed E-state index contributed by atoms with van der Waals surface area (Å²) in [5.41, 5.74) is 8.25. The summed E-state index contributed by atoms with van der Waals surface area (Å²) in [7, 11) is 0. The van der Waals surface area contributed by atoms with E-state index in [4.69, 9.17) is 22.4 Å². The van der Waals surface area contributed by atoms with Crippen LogP contribution in [0.3, 0.4) is 0 Å². The van der Waals surface area contributed by atoms with Crippen LogP contribution in [0.2, 0.25) is 5.02 Å². The highest BCUT2D eigenvalue weighted by Gasteiger charge is 2.41. The molecule has 6 nitrogen and oxygen atoms in total. The molecule has 1 aliphatic heterocycles. The molecule has 2 aromatic carbocycles. The lowest BCUT2D eigenvalue weighted by Crippen LogP contribution is -2.46. The lowest BCUT2D eigenvalue weighted by atomic mass is 9.68. The van der Waals surface area contributed by atoms with Gasteiger partial charge in [-0.1, -0.05) is 23.7 Å². The molecule has 0 spiro atoms. The number of hydrogen-bond acceptors (Lipinski definition) is 3. The third-order valence-electron chi connectivity index (χ3n) is 6.65. The fourth-order valence-corrected chi connectivity index (χ4v) is 5.00. The molecule has 0 unspecified atom stereocenters. The summed E-state index contributed by atoms with van der Waals surface area (Å²) in [5.74, 6) is -0.971. The first-order valence-corrected chi connectivity index (χ1v) is 10.7. The van der Waals surface area contributed by atoms with Gasteiger partial charge in [0.1, 0.15) is 0 Å². The predicted octanol–water partition coefficient (Wildman–Crippen LogP) is 4.12. The highest BCUT2D eigenvalue weighted by Crippen LogP contribution is 2.41. The van der Waals surface area contributed by atoms with E-state index in [-0.39, 0.29) is 23.1 Å². The first kappa shape index (κ1) is 20.7. The maximum atomic E-state index is 13.1. The number of nitrogens with two attached hydrogens (primary N) is 1. The maximum Gasteiger partial charge on any atom is 0.335 e. The first-order chi connectivity index (χ1) is 14.4. The van der Waals surface area contributed by atoms with Crippen LogP contribution in [0.25, 0.3) is 0 Å². The Morgan fingerprint density at radius 1 is 1.13 bits per heavy atom. The fraction of sp³-hybridized carbons (Fsp3) is 0.391. The summed E-state index contributed by atoms with van der Waals surface area (Å²) >= 11 is 6.20. The van der Waals surface area contributed by atoms with E-state index < -0.39 is 5.97 Å². The van der Waals surface area contributed by atoms with Gasteiger partial charge in [0.25, 0.3) is 0 Å². The zero-order valence-corrected chi connectivity index (χ0v) is 17.5. The van der Waals surface area contributed by atoms with Crippen LogP contribution in [0.15, 0.2) is 48.5 Å². The number of nitrogens with zero attached hydrogens (tertiary/aromatic N) is 2. The number of carboxylic acid groups (broad SMARTS) is 1. The van der Waals surface area contributed by atoms with E-state index in [0.717, 1.165) is 36.4 Å². The summed E-state index contributed by atoms with van der Waals surface area (Å²) in [6, 6.07) is 14.6. The average molecular weight is 428 g/mol. The Balaban J connectivity index is 1.44. The van der Waals surface area contributed by atoms with Gasteiger partial charge in [0, 0.05) is 41.8 Å². The van der Waals surface area contributed by atoms with E-state index in [9.17, 15) is 9.59 Å². The number of halogens is 1. The minimum absolute atomic E-state index is 0.00826. The molecule has 1 saturated heterocycles. The van der Waals surface area contributed by atoms with Crippen molar-refractivity contribution in [2.24, 2.45) is 5.73 Å². The van der Waals surface area contributed by atoms with Gasteiger partial charge in [-0.3, -0.25) is 4.90 Å². The van der Waals surface area contributed by atoms with Gasteiger partial charge >= 0.3 is 12.0 Å². The first-order valence-electron chi connectivity index (χ1n) is 10.3. The van der Waals surface area contributed by atoms with Crippen LogP contribution in [0, 0.1) is 0 Å². The van der Waals surface area contributed by atoms with Gasteiger partial charge in [0.05, 0.1) is 5.56 Å². The molecule has 2 aromatic rings. The van der Waals surface area contributed by atoms with Gasteiger partial charge in [-0.15, -0.1) is 0 Å². The minimum Gasteiger partial charge on any atom is -0.478 e. The molecular weight excluding hydrogens is 402 g/mol. The molecule has 0 radical (unpaired) electrons. The number of amides is 2. The van der Waals surface area contributed by atoms with Crippen molar-refractivity contribution >= 4 is 29.3 Å². The SMILES string of the molecule is NC[C@]1(c2cccc(Cl)c2)CC[C@H](N2CCN(c3ccc(C(=O)O)cc3)C2=O)CC1. The summed E-state index contributed by atoms with van der Waals surface area (Å²) in [6.07, 6.45) is 3.65. The molecular formula is C23H26ClN3O3. The van der Waals surface area contributed by atoms with Crippen molar-refractivity contribution in [3.63, 3.8) is 0 Å². The number of benzene rings is 2. The number of anilines is 1. The number of urea groups is 1. The molecule has 0 atom stereocenters. The fourth-order valence-electron chi connectivity index (χ4n) is 4.81. The van der Waals surface area contributed by atoms with Gasteiger partial charge in [-0.25, -0.2) is 9.59 Å². The summed E-state index contributed by atoms with van der Waals surface area (Å²) < 4.78 is 0. The number of carbonyl (C=O) groups excluding carboxylic acids is 1. The average Bonchev–Trinajstić information content (AvgIpc) is 3.15. The quantitative estimate of drug-likeness (QED) is 0.751. The molecule has 1 aliphatic carbocycles. The Labute approximate surface area is 181 Å². The Morgan fingerprint density at radius 2 is 1.83 bits per heavy atom. The highest BCUT2D eigenvalue weighted by molar-refractivity contribution is 6.30. The maximum absolute atomic E-state index is 13.1. The largest absolute Gasteiger partial charge is 0.478 e. The van der Waals surface area contributed by atoms with Crippen molar-refractivity contribution in [3.05, 3.63) is 64.7 Å². The summed E-state index contributed by atoms with van der Waals surface area (Å²) in [6.45, 7) is 1.85. The zero-order chi connectivity index (χ0) is 21.3. The second-order valence-electron chi connectivity index (χ2n) is 8.21. The lowest BCUT2D eigenvalue weighted by Gasteiger charge is -2.42. The highest BCUT2D eigenvalue weighted by atomic mass is 35.5. The zero-order valence-electron chi connectivity index (χ0n) is 16.8. The molecule has 0 bridgehead atoms. The van der Waals surface area contributed by atoms with Crippen LogP contribution in [-0.2, 0) is 5.41 Å². The van der Waals surface area contributed by atoms with E-state index in [1.807, 2.05) is 23.1 Å². The molecule has 2 fully saturated rings. The summed E-state index contributed by atoms with van der Waals surface area (Å²) in [5, 5.41) is 9.78. The number of hydrogen-bond donors (Lipinski definition) is 2. The van der Waals surface area contributed by atoms with Crippen LogP contribution in [0.1, 0.15) is 41.6 Å². The molecule has 1 saturated carbocycles. The van der Waals surface area contributed by atoms with E-state index in [1.54, 1.807) is 17.0 Å². The number of carbonyl (C=O) groups is 2. The summed E-state index contributed by atoms with van der Waals surface area (Å²) in [4.78, 5) is 27.8. The van der Waals surface area contributed by atoms with Crippen LogP contribution < -0.4 is 10.6 Å². The van der Waals surface area contributed by atoms with Crippen molar-refractivity contribution in [1.29, 1.82) is 0 Å². The standard InChI is InChI=1S/C23H26ClN3O3/c24-18-3-1-2-17(14-18)23(15-25)10-8-20(9-11-23)27-13-12-26(22(27)30)19-6-4-16(5-7-19)21(28)29/h1-7,14,20H,8-13,15,25H2,(H,28,29)/t20-,23-. The van der Waals surface area contributed by atoms with E-state index in [2.05, 4.69) is 6.07 Å². The Morgan fingerprint density at radius 3 is 2.43 bits per heavy atom. The Hall–Kier alpha value is -2.57. The molecule has 4 rings (SSSR count). The third kappa shape index (κ3) is 3.77. The van der Waals surface area contributed by atoms with Gasteiger partial charge in [-0.05, 0) is 67.6 Å². The van der Waals surface area contributed by atoms with E-state index in [0.29, 0.717) is 19.6 Å². The second kappa shape index (κ2) is 8.28. The number of aromatic carboxylic acids is 1. The minimum atomic E-state index is -0.971. The molecule has 1 heterocycles. The Kier molecular flexibility index (Phi) is 5.71. The number of rotatable bonds is 5.